The van der Waals surface area contributed by atoms with Gasteiger partial charge in [-0.05, 0) is 61.4 Å². The van der Waals surface area contributed by atoms with Crippen molar-refractivity contribution < 1.29 is 13.9 Å². The zero-order valence-electron chi connectivity index (χ0n) is 16.6. The monoisotopic (exact) mass is 400 g/mol. The Morgan fingerprint density at radius 2 is 1.53 bits per heavy atom. The van der Waals surface area contributed by atoms with Gasteiger partial charge in [-0.3, -0.25) is 5.41 Å². The van der Waals surface area contributed by atoms with Gasteiger partial charge in [0.2, 0.25) is 0 Å². The maximum atomic E-state index is 7.58. The second-order valence-corrected chi connectivity index (χ2v) is 7.02. The van der Waals surface area contributed by atoms with Gasteiger partial charge in [0, 0.05) is 16.5 Å². The average Bonchev–Trinajstić information content (AvgIpc) is 3.20. The summed E-state index contributed by atoms with van der Waals surface area (Å²) in [7, 11) is 0. The Labute approximate surface area is 175 Å². The fourth-order valence-electron chi connectivity index (χ4n) is 3.19. The molecule has 4 rings (SSSR count). The van der Waals surface area contributed by atoms with Crippen LogP contribution in [0.2, 0.25) is 0 Å². The third-order valence-corrected chi connectivity index (χ3v) is 4.77. The highest BCUT2D eigenvalue weighted by Crippen LogP contribution is 2.30. The molecule has 1 heterocycles. The minimum atomic E-state index is 0.0456. The van der Waals surface area contributed by atoms with E-state index in [-0.39, 0.29) is 5.84 Å². The Bertz CT molecular complexity index is 1140. The largest absolute Gasteiger partial charge is 0.494 e. The molecule has 0 radical (unpaired) electrons. The first-order valence-corrected chi connectivity index (χ1v) is 9.98. The number of nitrogens with one attached hydrogen (secondary N) is 1. The zero-order chi connectivity index (χ0) is 20.8. The summed E-state index contributed by atoms with van der Waals surface area (Å²) >= 11 is 0. The van der Waals surface area contributed by atoms with E-state index in [2.05, 4.69) is 0 Å². The normalized spacial score (nSPS) is 10.8. The van der Waals surface area contributed by atoms with Gasteiger partial charge in [0.1, 0.15) is 28.7 Å². The van der Waals surface area contributed by atoms with Crippen LogP contribution >= 0.6 is 0 Å². The first kappa shape index (κ1) is 19.6. The minimum absolute atomic E-state index is 0.0456. The van der Waals surface area contributed by atoms with Gasteiger partial charge in [0.05, 0.1) is 13.2 Å². The van der Waals surface area contributed by atoms with E-state index in [1.807, 2.05) is 72.8 Å². The molecule has 0 atom stereocenters. The van der Waals surface area contributed by atoms with Crippen molar-refractivity contribution in [3.05, 3.63) is 84.4 Å². The molecule has 0 aliphatic heterocycles. The van der Waals surface area contributed by atoms with E-state index in [9.17, 15) is 0 Å². The smallest absolute Gasteiger partial charge is 0.135 e. The van der Waals surface area contributed by atoms with Gasteiger partial charge in [0.25, 0.3) is 0 Å². The SMILES string of the molecule is N=C(N)c1ccc2oc(-c3cccc(OCCCCOc4ccccc4)c3)cc2c1. The number of hydrogen-bond donors (Lipinski definition) is 2. The van der Waals surface area contributed by atoms with Crippen LogP contribution in [-0.2, 0) is 0 Å². The van der Waals surface area contributed by atoms with E-state index in [4.69, 9.17) is 25.0 Å². The Kier molecular flexibility index (Phi) is 5.99. The lowest BCUT2D eigenvalue weighted by molar-refractivity contribution is 0.266. The van der Waals surface area contributed by atoms with Crippen LogP contribution in [0.4, 0.5) is 0 Å². The summed E-state index contributed by atoms with van der Waals surface area (Å²) in [5.41, 5.74) is 7.97. The fourth-order valence-corrected chi connectivity index (χ4v) is 3.19. The first-order chi connectivity index (χ1) is 14.7. The quantitative estimate of drug-likeness (QED) is 0.217. The molecule has 0 unspecified atom stereocenters. The Balaban J connectivity index is 1.32. The van der Waals surface area contributed by atoms with Crippen LogP contribution in [0.5, 0.6) is 11.5 Å². The van der Waals surface area contributed by atoms with E-state index < -0.39 is 0 Å². The molecule has 0 amide bonds. The number of unbranched alkanes of at least 4 members (excludes halogenated alkanes) is 1. The van der Waals surface area contributed by atoms with Crippen LogP contribution < -0.4 is 15.2 Å². The number of nitrogen functional groups attached to an aromatic ring is 1. The maximum Gasteiger partial charge on any atom is 0.135 e. The van der Waals surface area contributed by atoms with Crippen LogP contribution in [0, 0.1) is 5.41 Å². The van der Waals surface area contributed by atoms with Crippen LogP contribution in [0.3, 0.4) is 0 Å². The minimum Gasteiger partial charge on any atom is -0.494 e. The number of fused-ring (bicyclic) bond motifs is 1. The molecule has 4 aromatic rings. The van der Waals surface area contributed by atoms with E-state index in [0.29, 0.717) is 18.8 Å². The summed E-state index contributed by atoms with van der Waals surface area (Å²) in [6, 6.07) is 25.2. The molecule has 5 heteroatoms. The predicted molar refractivity (Wildman–Crippen MR) is 119 cm³/mol. The Morgan fingerprint density at radius 1 is 0.800 bits per heavy atom. The molecular weight excluding hydrogens is 376 g/mol. The molecule has 5 nitrogen and oxygen atoms in total. The molecule has 30 heavy (non-hydrogen) atoms. The maximum absolute atomic E-state index is 7.58. The van der Waals surface area contributed by atoms with E-state index in [0.717, 1.165) is 46.6 Å². The molecule has 0 bridgehead atoms. The number of para-hydroxylation sites is 1. The third kappa shape index (κ3) is 4.81. The fraction of sp³-hybridized carbons (Fsp3) is 0.160. The van der Waals surface area contributed by atoms with Crippen molar-refractivity contribution in [1.82, 2.24) is 0 Å². The second kappa shape index (κ2) is 9.18. The van der Waals surface area contributed by atoms with Crippen molar-refractivity contribution in [3.8, 4) is 22.8 Å². The lowest BCUT2D eigenvalue weighted by atomic mass is 10.1. The molecule has 0 fully saturated rings. The number of furan rings is 1. The molecule has 0 saturated heterocycles. The standard InChI is InChI=1S/C25H24N2O3/c26-25(27)19-11-12-23-20(15-19)17-24(30-23)18-7-6-10-22(16-18)29-14-5-4-13-28-21-8-2-1-3-9-21/h1-3,6-12,15-17H,4-5,13-14H2,(H3,26,27). The number of rotatable bonds is 9. The number of nitrogens with two attached hydrogens (primary N) is 1. The van der Waals surface area contributed by atoms with Crippen LogP contribution in [0.25, 0.3) is 22.3 Å². The summed E-state index contributed by atoms with van der Waals surface area (Å²) < 4.78 is 17.6. The van der Waals surface area contributed by atoms with Crippen molar-refractivity contribution in [2.24, 2.45) is 5.73 Å². The lowest BCUT2D eigenvalue weighted by Crippen LogP contribution is -2.10. The van der Waals surface area contributed by atoms with Crippen molar-refractivity contribution in [2.45, 2.75) is 12.8 Å². The number of amidine groups is 1. The van der Waals surface area contributed by atoms with Crippen LogP contribution in [-0.4, -0.2) is 19.0 Å². The highest BCUT2D eigenvalue weighted by molar-refractivity contribution is 5.98. The average molecular weight is 400 g/mol. The first-order valence-electron chi connectivity index (χ1n) is 9.98. The third-order valence-electron chi connectivity index (χ3n) is 4.77. The molecule has 3 aromatic carbocycles. The molecule has 0 aliphatic carbocycles. The number of hydrogen-bond acceptors (Lipinski definition) is 4. The molecule has 1 aromatic heterocycles. The van der Waals surface area contributed by atoms with Gasteiger partial charge in [-0.2, -0.15) is 0 Å². The molecular formula is C25H24N2O3. The van der Waals surface area contributed by atoms with E-state index in [1.165, 1.54) is 0 Å². The molecule has 0 spiro atoms. The van der Waals surface area contributed by atoms with Crippen LogP contribution in [0.1, 0.15) is 18.4 Å². The van der Waals surface area contributed by atoms with Crippen molar-refractivity contribution in [2.75, 3.05) is 13.2 Å². The molecule has 3 N–H and O–H groups in total. The summed E-state index contributed by atoms with van der Waals surface area (Å²) in [5, 5.41) is 8.50. The van der Waals surface area contributed by atoms with Gasteiger partial charge < -0.3 is 19.6 Å². The number of ether oxygens (including phenoxy) is 2. The molecule has 0 saturated carbocycles. The van der Waals surface area contributed by atoms with E-state index >= 15 is 0 Å². The molecule has 0 aliphatic rings. The van der Waals surface area contributed by atoms with Crippen molar-refractivity contribution >= 4 is 16.8 Å². The highest BCUT2D eigenvalue weighted by atomic mass is 16.5. The van der Waals surface area contributed by atoms with Gasteiger partial charge in [0.15, 0.2) is 0 Å². The highest BCUT2D eigenvalue weighted by Gasteiger charge is 2.09. The lowest BCUT2D eigenvalue weighted by Gasteiger charge is -2.08. The second-order valence-electron chi connectivity index (χ2n) is 7.02. The van der Waals surface area contributed by atoms with Crippen molar-refractivity contribution in [1.29, 1.82) is 5.41 Å². The summed E-state index contributed by atoms with van der Waals surface area (Å²) in [6.07, 6.45) is 1.84. The summed E-state index contributed by atoms with van der Waals surface area (Å²) in [4.78, 5) is 0. The predicted octanol–water partition coefficient (Wildman–Crippen LogP) is 5.62. The van der Waals surface area contributed by atoms with Gasteiger partial charge in [-0.1, -0.05) is 30.3 Å². The van der Waals surface area contributed by atoms with Crippen molar-refractivity contribution in [3.63, 3.8) is 0 Å². The van der Waals surface area contributed by atoms with Gasteiger partial charge in [-0.15, -0.1) is 0 Å². The van der Waals surface area contributed by atoms with Crippen LogP contribution in [0.15, 0.2) is 83.3 Å². The summed E-state index contributed by atoms with van der Waals surface area (Å²) in [5.74, 6) is 2.50. The Morgan fingerprint density at radius 3 is 2.30 bits per heavy atom. The van der Waals surface area contributed by atoms with Gasteiger partial charge in [-0.25, -0.2) is 0 Å². The van der Waals surface area contributed by atoms with Gasteiger partial charge >= 0.3 is 0 Å². The Hall–Kier alpha value is -3.73. The topological polar surface area (TPSA) is 81.5 Å². The van der Waals surface area contributed by atoms with E-state index in [1.54, 1.807) is 6.07 Å². The zero-order valence-corrected chi connectivity index (χ0v) is 16.6. The molecule has 152 valence electrons. The summed E-state index contributed by atoms with van der Waals surface area (Å²) in [6.45, 7) is 1.30. The number of benzene rings is 3.